The van der Waals surface area contributed by atoms with Crippen LogP contribution in [0.2, 0.25) is 0 Å². The number of nitro benzene ring substituents is 1. The van der Waals surface area contributed by atoms with Crippen LogP contribution in [0.4, 0.5) is 10.1 Å². The lowest BCUT2D eigenvalue weighted by molar-refractivity contribution is -0.384. The first kappa shape index (κ1) is 25.3. The summed E-state index contributed by atoms with van der Waals surface area (Å²) in [6.07, 6.45) is 0. The lowest BCUT2D eigenvalue weighted by atomic mass is 10.1. The molecule has 0 aliphatic heterocycles. The van der Waals surface area contributed by atoms with E-state index in [4.69, 9.17) is 0 Å². The third-order valence-corrected chi connectivity index (χ3v) is 5.56. The molecule has 0 aliphatic carbocycles. The van der Waals surface area contributed by atoms with E-state index in [1.807, 2.05) is 20.8 Å². The summed E-state index contributed by atoms with van der Waals surface area (Å²) >= 11 is 1.36. The number of rotatable bonds is 9. The first-order valence-electron chi connectivity index (χ1n) is 10.1. The van der Waals surface area contributed by atoms with Crippen LogP contribution in [0.3, 0.4) is 0 Å². The molecule has 1 atom stereocenters. The second-order valence-electron chi connectivity index (χ2n) is 8.48. The average Bonchev–Trinajstić information content (AvgIpc) is 2.72. The van der Waals surface area contributed by atoms with Crippen molar-refractivity contribution < 1.29 is 18.9 Å². The zero-order valence-electron chi connectivity index (χ0n) is 18.6. The molecule has 2 rings (SSSR count). The Kier molecular flexibility index (Phi) is 8.77. The highest BCUT2D eigenvalue weighted by Gasteiger charge is 2.28. The number of benzene rings is 2. The van der Waals surface area contributed by atoms with Gasteiger partial charge in [-0.15, -0.1) is 11.8 Å². The van der Waals surface area contributed by atoms with Crippen LogP contribution in [0.25, 0.3) is 0 Å². The number of thioether (sulfide) groups is 1. The van der Waals surface area contributed by atoms with Crippen molar-refractivity contribution in [1.82, 2.24) is 10.2 Å². The van der Waals surface area contributed by atoms with Crippen LogP contribution in [0.5, 0.6) is 0 Å². The highest BCUT2D eigenvalue weighted by Crippen LogP contribution is 2.19. The van der Waals surface area contributed by atoms with Gasteiger partial charge in [-0.25, -0.2) is 4.39 Å². The Hall–Kier alpha value is -2.94. The molecule has 0 aliphatic rings. The van der Waals surface area contributed by atoms with Crippen molar-refractivity contribution in [2.24, 2.45) is 0 Å². The fourth-order valence-corrected chi connectivity index (χ4v) is 3.77. The molecule has 2 aromatic rings. The van der Waals surface area contributed by atoms with Gasteiger partial charge in [0.25, 0.3) is 5.69 Å². The maximum absolute atomic E-state index is 13.3. The van der Waals surface area contributed by atoms with Crippen LogP contribution in [-0.2, 0) is 21.9 Å². The SMILES string of the molecule is CC(C(=O)NC(C)(C)C)N(Cc1ccc(F)cc1)C(=O)CSCc1ccc([N+](=O)[O-])cc1. The van der Waals surface area contributed by atoms with Crippen LogP contribution in [0.15, 0.2) is 48.5 Å². The van der Waals surface area contributed by atoms with E-state index in [-0.39, 0.29) is 35.6 Å². The summed E-state index contributed by atoms with van der Waals surface area (Å²) in [5.41, 5.74) is 1.15. The molecule has 0 saturated carbocycles. The number of nitrogens with zero attached hydrogens (tertiary/aromatic N) is 2. The maximum Gasteiger partial charge on any atom is 0.269 e. The summed E-state index contributed by atoms with van der Waals surface area (Å²) in [7, 11) is 0. The first-order valence-corrected chi connectivity index (χ1v) is 11.3. The summed E-state index contributed by atoms with van der Waals surface area (Å²) in [5, 5.41) is 13.7. The minimum absolute atomic E-state index is 0.0129. The molecule has 9 heteroatoms. The zero-order chi connectivity index (χ0) is 23.9. The highest BCUT2D eigenvalue weighted by atomic mass is 32.2. The van der Waals surface area contributed by atoms with Gasteiger partial charge >= 0.3 is 0 Å². The van der Waals surface area contributed by atoms with Gasteiger partial charge in [0.05, 0.1) is 10.7 Å². The fourth-order valence-electron chi connectivity index (χ4n) is 2.90. The molecule has 0 heterocycles. The number of hydrogen-bond acceptors (Lipinski definition) is 5. The van der Waals surface area contributed by atoms with Crippen LogP contribution < -0.4 is 5.32 Å². The lowest BCUT2D eigenvalue weighted by Gasteiger charge is -2.31. The molecule has 0 spiro atoms. The van der Waals surface area contributed by atoms with Gasteiger partial charge in [0, 0.05) is 30.0 Å². The molecular weight excluding hydrogens is 433 g/mol. The molecule has 7 nitrogen and oxygen atoms in total. The van der Waals surface area contributed by atoms with Gasteiger partial charge in [0.2, 0.25) is 11.8 Å². The maximum atomic E-state index is 13.3. The second-order valence-corrected chi connectivity index (χ2v) is 9.47. The van der Waals surface area contributed by atoms with E-state index in [0.717, 1.165) is 11.1 Å². The quantitative estimate of drug-likeness (QED) is 0.444. The predicted molar refractivity (Wildman–Crippen MR) is 124 cm³/mol. The third-order valence-electron chi connectivity index (χ3n) is 4.57. The van der Waals surface area contributed by atoms with Crippen molar-refractivity contribution in [3.8, 4) is 0 Å². The molecule has 0 aromatic heterocycles. The van der Waals surface area contributed by atoms with Gasteiger partial charge < -0.3 is 10.2 Å². The first-order chi connectivity index (χ1) is 15.0. The Morgan fingerprint density at radius 3 is 2.19 bits per heavy atom. The van der Waals surface area contributed by atoms with Gasteiger partial charge in [-0.3, -0.25) is 19.7 Å². The Morgan fingerprint density at radius 1 is 1.09 bits per heavy atom. The van der Waals surface area contributed by atoms with Gasteiger partial charge in [-0.1, -0.05) is 24.3 Å². The molecule has 0 radical (unpaired) electrons. The largest absolute Gasteiger partial charge is 0.350 e. The normalized spacial score (nSPS) is 12.2. The average molecular weight is 462 g/mol. The molecule has 1 unspecified atom stereocenters. The van der Waals surface area contributed by atoms with Crippen molar-refractivity contribution in [3.05, 3.63) is 75.6 Å². The molecule has 2 amide bonds. The molecule has 32 heavy (non-hydrogen) atoms. The Labute approximate surface area is 191 Å². The van der Waals surface area contributed by atoms with Gasteiger partial charge in [-0.2, -0.15) is 0 Å². The van der Waals surface area contributed by atoms with Crippen LogP contribution in [-0.4, -0.2) is 39.0 Å². The van der Waals surface area contributed by atoms with E-state index < -0.39 is 16.5 Å². The Bertz CT molecular complexity index is 943. The number of non-ortho nitro benzene ring substituents is 1. The summed E-state index contributed by atoms with van der Waals surface area (Å²) in [6, 6.07) is 11.3. The molecule has 0 fully saturated rings. The molecule has 2 aromatic carbocycles. The molecule has 0 saturated heterocycles. The minimum atomic E-state index is -0.716. The number of carbonyl (C=O) groups is 2. The lowest BCUT2D eigenvalue weighted by Crippen LogP contribution is -2.52. The molecular formula is C23H28FN3O4S. The van der Waals surface area contributed by atoms with Crippen LogP contribution in [0, 0.1) is 15.9 Å². The number of hydrogen-bond donors (Lipinski definition) is 1. The van der Waals surface area contributed by atoms with Crippen molar-refractivity contribution in [2.75, 3.05) is 5.75 Å². The summed E-state index contributed by atoms with van der Waals surface area (Å²) < 4.78 is 13.3. The minimum Gasteiger partial charge on any atom is -0.350 e. The van der Waals surface area contributed by atoms with Crippen molar-refractivity contribution in [2.45, 2.75) is 51.6 Å². The van der Waals surface area contributed by atoms with E-state index in [2.05, 4.69) is 5.32 Å². The van der Waals surface area contributed by atoms with E-state index in [9.17, 15) is 24.1 Å². The van der Waals surface area contributed by atoms with Gasteiger partial charge in [0.1, 0.15) is 11.9 Å². The van der Waals surface area contributed by atoms with E-state index >= 15 is 0 Å². The molecule has 0 bridgehead atoms. The molecule has 1 N–H and O–H groups in total. The van der Waals surface area contributed by atoms with Crippen molar-refractivity contribution in [1.29, 1.82) is 0 Å². The van der Waals surface area contributed by atoms with Crippen molar-refractivity contribution in [3.63, 3.8) is 0 Å². The number of amides is 2. The molecule has 172 valence electrons. The number of nitro groups is 1. The summed E-state index contributed by atoms with van der Waals surface area (Å²) in [4.78, 5) is 37.5. The third kappa shape index (κ3) is 7.96. The standard InChI is InChI=1S/C23H28FN3O4S/c1-16(22(29)25-23(2,3)4)26(13-17-5-9-19(24)10-6-17)21(28)15-32-14-18-7-11-20(12-8-18)27(30)31/h5-12,16H,13-15H2,1-4H3,(H,25,29). The van der Waals surface area contributed by atoms with Gasteiger partial charge in [0.15, 0.2) is 0 Å². The van der Waals surface area contributed by atoms with E-state index in [1.165, 1.54) is 40.9 Å². The fraction of sp³-hybridized carbons (Fsp3) is 0.391. The predicted octanol–water partition coefficient (Wildman–Crippen LogP) is 4.30. The van der Waals surface area contributed by atoms with E-state index in [1.54, 1.807) is 31.2 Å². The Balaban J connectivity index is 2.07. The monoisotopic (exact) mass is 461 g/mol. The van der Waals surface area contributed by atoms with Crippen LogP contribution >= 0.6 is 11.8 Å². The number of nitrogens with one attached hydrogen (secondary N) is 1. The second kappa shape index (κ2) is 11.1. The zero-order valence-corrected chi connectivity index (χ0v) is 19.4. The summed E-state index contributed by atoms with van der Waals surface area (Å²) in [5.74, 6) is -0.239. The van der Waals surface area contributed by atoms with E-state index in [0.29, 0.717) is 5.75 Å². The number of carbonyl (C=O) groups excluding carboxylic acids is 2. The summed E-state index contributed by atoms with van der Waals surface area (Å²) in [6.45, 7) is 7.44. The smallest absolute Gasteiger partial charge is 0.269 e. The topological polar surface area (TPSA) is 92.6 Å². The van der Waals surface area contributed by atoms with Crippen LogP contribution in [0.1, 0.15) is 38.8 Å². The Morgan fingerprint density at radius 2 is 1.66 bits per heavy atom. The van der Waals surface area contributed by atoms with Gasteiger partial charge in [-0.05, 0) is 51.0 Å². The number of halogens is 1. The van der Waals surface area contributed by atoms with Crippen molar-refractivity contribution >= 4 is 29.3 Å². The highest BCUT2D eigenvalue weighted by molar-refractivity contribution is 7.99.